The Morgan fingerprint density at radius 2 is 1.73 bits per heavy atom. The van der Waals surface area contributed by atoms with E-state index in [0.717, 1.165) is 51.7 Å². The summed E-state index contributed by atoms with van der Waals surface area (Å²) in [6, 6.07) is 0. The van der Waals surface area contributed by atoms with Crippen LogP contribution in [0.4, 0.5) is 0 Å². The highest BCUT2D eigenvalue weighted by Crippen LogP contribution is 2.20. The number of hydrogen-bond donors (Lipinski definition) is 1. The fraction of sp³-hybridized carbons (Fsp3) is 0.800. The number of rotatable bonds is 21. The lowest BCUT2D eigenvalue weighted by Crippen LogP contribution is -2.09. The van der Waals surface area contributed by atoms with Crippen molar-refractivity contribution in [3.63, 3.8) is 0 Å². The zero-order chi connectivity index (χ0) is 21.7. The van der Waals surface area contributed by atoms with Crippen LogP contribution in [0.25, 0.3) is 0 Å². The molecule has 0 radical (unpaired) electrons. The number of carbonyl (C=O) groups excluding carboxylic acids is 1. The van der Waals surface area contributed by atoms with E-state index in [1.807, 2.05) is 0 Å². The highest BCUT2D eigenvalue weighted by molar-refractivity contribution is 5.69. The van der Waals surface area contributed by atoms with E-state index in [1.54, 1.807) is 0 Å². The van der Waals surface area contributed by atoms with Gasteiger partial charge in [-0.1, -0.05) is 56.4 Å². The first kappa shape index (κ1) is 26.9. The second-order valence-corrected chi connectivity index (χ2v) is 8.11. The summed E-state index contributed by atoms with van der Waals surface area (Å²) in [4.78, 5) is 11.7. The molecule has 2 atom stereocenters. The van der Waals surface area contributed by atoms with Crippen molar-refractivity contribution >= 4 is 5.97 Å². The van der Waals surface area contributed by atoms with Gasteiger partial charge in [0.2, 0.25) is 0 Å². The molecule has 1 heterocycles. The molecule has 1 rings (SSSR count). The van der Waals surface area contributed by atoms with Gasteiger partial charge in [-0.3, -0.25) is 4.79 Å². The van der Waals surface area contributed by atoms with Gasteiger partial charge in [0, 0.05) is 13.0 Å². The lowest BCUT2D eigenvalue weighted by atomic mass is 9.93. The van der Waals surface area contributed by atoms with Crippen LogP contribution in [0.3, 0.4) is 0 Å². The third-order valence-corrected chi connectivity index (χ3v) is 5.28. The van der Waals surface area contributed by atoms with Gasteiger partial charge in [-0.15, -0.1) is 0 Å². The minimum absolute atomic E-state index is 0.0890. The van der Waals surface area contributed by atoms with Crippen molar-refractivity contribution in [1.82, 2.24) is 0 Å². The van der Waals surface area contributed by atoms with Crippen molar-refractivity contribution < 1.29 is 24.1 Å². The second kappa shape index (κ2) is 19.8. The van der Waals surface area contributed by atoms with Gasteiger partial charge >= 0.3 is 5.97 Å². The molecule has 0 bridgehead atoms. The Hall–Kier alpha value is -1.17. The summed E-state index contributed by atoms with van der Waals surface area (Å²) in [6.07, 6.45) is 22.3. The van der Waals surface area contributed by atoms with Crippen molar-refractivity contribution in [2.45, 2.75) is 90.1 Å². The summed E-state index contributed by atoms with van der Waals surface area (Å²) in [5, 5.41) is 8.70. The summed E-state index contributed by atoms with van der Waals surface area (Å²) < 4.78 is 15.5. The molecule has 2 unspecified atom stereocenters. The van der Waals surface area contributed by atoms with Crippen LogP contribution in [-0.2, 0) is 19.0 Å². The number of esters is 1. The molecular weight excluding hydrogens is 380 g/mol. The van der Waals surface area contributed by atoms with Crippen LogP contribution < -0.4 is 0 Å². The number of aliphatic hydroxyl groups is 1. The molecule has 1 saturated heterocycles. The van der Waals surface area contributed by atoms with Crippen LogP contribution in [0.1, 0.15) is 84.0 Å². The third-order valence-electron chi connectivity index (χ3n) is 5.28. The number of ether oxygens (including phenoxy) is 3. The van der Waals surface area contributed by atoms with Gasteiger partial charge in [-0.25, -0.2) is 0 Å². The molecule has 0 aliphatic carbocycles. The zero-order valence-corrected chi connectivity index (χ0v) is 19.1. The fourth-order valence-corrected chi connectivity index (χ4v) is 3.39. The molecule has 174 valence electrons. The first-order valence-electron chi connectivity index (χ1n) is 12.0. The monoisotopic (exact) mass is 424 g/mol. The van der Waals surface area contributed by atoms with Crippen LogP contribution in [0, 0.1) is 5.92 Å². The largest absolute Gasteiger partial charge is 0.463 e. The van der Waals surface area contributed by atoms with Gasteiger partial charge in [-0.2, -0.15) is 0 Å². The predicted molar refractivity (Wildman–Crippen MR) is 121 cm³/mol. The summed E-state index contributed by atoms with van der Waals surface area (Å²) in [7, 11) is 0. The number of hydrogen-bond acceptors (Lipinski definition) is 5. The van der Waals surface area contributed by atoms with E-state index in [1.165, 1.54) is 32.1 Å². The molecule has 0 aromatic carbocycles. The van der Waals surface area contributed by atoms with Gasteiger partial charge in [0.1, 0.15) is 12.7 Å². The first-order valence-corrected chi connectivity index (χ1v) is 12.0. The van der Waals surface area contributed by atoms with E-state index < -0.39 is 0 Å². The smallest absolute Gasteiger partial charge is 0.305 e. The minimum atomic E-state index is -0.0890. The van der Waals surface area contributed by atoms with Crippen LogP contribution in [0.15, 0.2) is 24.3 Å². The maximum absolute atomic E-state index is 11.7. The van der Waals surface area contributed by atoms with Crippen molar-refractivity contribution in [3.8, 4) is 0 Å². The predicted octanol–water partition coefficient (Wildman–Crippen LogP) is 5.37. The first-order chi connectivity index (χ1) is 14.8. The van der Waals surface area contributed by atoms with Crippen LogP contribution >= 0.6 is 0 Å². The van der Waals surface area contributed by atoms with Crippen molar-refractivity contribution in [1.29, 1.82) is 0 Å². The standard InChI is InChI=1S/C25H44O5/c1-2-3-4-5-9-14-23(15-10-6-7-13-19-28-20-18-26)16-11-8-12-17-25(27)30-22-24-21-29-24/h2-3,9,14,23-24,26H,4-8,10-13,15-22H2,1H3/b3-2+,14-9+. The number of carbonyl (C=O) groups is 1. The lowest BCUT2D eigenvalue weighted by molar-refractivity contribution is -0.144. The lowest BCUT2D eigenvalue weighted by Gasteiger charge is -2.13. The Morgan fingerprint density at radius 3 is 2.43 bits per heavy atom. The van der Waals surface area contributed by atoms with Crippen molar-refractivity contribution in [3.05, 3.63) is 24.3 Å². The molecule has 5 heteroatoms. The quantitative estimate of drug-likeness (QED) is 0.116. The average molecular weight is 425 g/mol. The van der Waals surface area contributed by atoms with E-state index in [2.05, 4.69) is 31.2 Å². The summed E-state index contributed by atoms with van der Waals surface area (Å²) >= 11 is 0. The van der Waals surface area contributed by atoms with E-state index >= 15 is 0 Å². The molecule has 1 N–H and O–H groups in total. The van der Waals surface area contributed by atoms with Gasteiger partial charge in [0.25, 0.3) is 0 Å². The van der Waals surface area contributed by atoms with Crippen LogP contribution in [-0.4, -0.2) is 50.2 Å². The van der Waals surface area contributed by atoms with E-state index in [9.17, 15) is 4.79 Å². The van der Waals surface area contributed by atoms with Gasteiger partial charge in [-0.05, 0) is 51.4 Å². The molecule has 1 fully saturated rings. The summed E-state index contributed by atoms with van der Waals surface area (Å²) in [6.45, 7) is 4.54. The third kappa shape index (κ3) is 17.7. The number of unbranched alkanes of at least 4 members (excludes halogenated alkanes) is 6. The van der Waals surface area contributed by atoms with Gasteiger partial charge in [0.15, 0.2) is 0 Å². The Labute approximate surface area is 183 Å². The van der Waals surface area contributed by atoms with Crippen LogP contribution in [0.2, 0.25) is 0 Å². The Balaban J connectivity index is 2.12. The number of epoxide rings is 1. The second-order valence-electron chi connectivity index (χ2n) is 8.11. The molecule has 0 amide bonds. The maximum atomic E-state index is 11.7. The van der Waals surface area contributed by atoms with E-state index in [0.29, 0.717) is 25.6 Å². The Morgan fingerprint density at radius 1 is 1.03 bits per heavy atom. The molecular formula is C25H44O5. The highest BCUT2D eigenvalue weighted by atomic mass is 16.6. The maximum Gasteiger partial charge on any atom is 0.305 e. The summed E-state index contributed by atoms with van der Waals surface area (Å²) in [5.41, 5.74) is 0. The molecule has 5 nitrogen and oxygen atoms in total. The number of allylic oxidation sites excluding steroid dienone is 4. The van der Waals surface area contributed by atoms with E-state index in [-0.39, 0.29) is 18.7 Å². The Kier molecular flexibility index (Phi) is 17.7. The molecule has 0 saturated carbocycles. The molecule has 0 aromatic rings. The fourth-order valence-electron chi connectivity index (χ4n) is 3.39. The molecule has 1 aliphatic heterocycles. The van der Waals surface area contributed by atoms with E-state index in [4.69, 9.17) is 19.3 Å². The molecule has 0 spiro atoms. The Bertz CT molecular complexity index is 456. The SMILES string of the molecule is C/C=C/CC/C=C/C(CCCCCCOCCO)CCCCCC(=O)OCC1CO1. The van der Waals surface area contributed by atoms with Crippen LogP contribution in [0.5, 0.6) is 0 Å². The minimum Gasteiger partial charge on any atom is -0.463 e. The normalized spacial score (nSPS) is 17.1. The van der Waals surface area contributed by atoms with Crippen molar-refractivity contribution in [2.24, 2.45) is 5.92 Å². The molecule has 30 heavy (non-hydrogen) atoms. The van der Waals surface area contributed by atoms with Gasteiger partial charge in [0.05, 0.1) is 19.8 Å². The van der Waals surface area contributed by atoms with Gasteiger partial charge < -0.3 is 19.3 Å². The zero-order valence-electron chi connectivity index (χ0n) is 19.1. The topological polar surface area (TPSA) is 68.3 Å². The highest BCUT2D eigenvalue weighted by Gasteiger charge is 2.23. The number of aliphatic hydroxyl groups excluding tert-OH is 1. The molecule has 0 aromatic heterocycles. The molecule has 1 aliphatic rings. The average Bonchev–Trinajstić information content (AvgIpc) is 3.57. The summed E-state index contributed by atoms with van der Waals surface area (Å²) in [5.74, 6) is 0.550. The van der Waals surface area contributed by atoms with Crippen molar-refractivity contribution in [2.75, 3.05) is 33.0 Å².